The van der Waals surface area contributed by atoms with E-state index < -0.39 is 54.6 Å². The second-order valence-corrected chi connectivity index (χ2v) is 5.45. The lowest BCUT2D eigenvalue weighted by atomic mass is 9.96. The van der Waals surface area contributed by atoms with Gasteiger partial charge in [0.2, 0.25) is 12.4 Å². The molecule has 1 aliphatic rings. The van der Waals surface area contributed by atoms with Crippen LogP contribution in [0.15, 0.2) is 0 Å². The van der Waals surface area contributed by atoms with Crippen molar-refractivity contribution in [2.75, 3.05) is 6.54 Å². The number of rotatable bonds is 6. The van der Waals surface area contributed by atoms with E-state index in [-0.39, 0.29) is 13.0 Å². The lowest BCUT2D eigenvalue weighted by molar-refractivity contribution is -0.296. The van der Waals surface area contributed by atoms with Gasteiger partial charge in [-0.3, -0.25) is 19.2 Å². The molecule has 0 unspecified atom stereocenters. The third kappa shape index (κ3) is 6.31. The van der Waals surface area contributed by atoms with Crippen LogP contribution in [0.4, 0.5) is 0 Å². The minimum atomic E-state index is -1.34. The molecule has 1 heterocycles. The maximum atomic E-state index is 11.5. The second-order valence-electron chi connectivity index (χ2n) is 5.45. The number of carbonyl (C=O) groups is 4. The molecular weight excluding hydrogens is 338 g/mol. The van der Waals surface area contributed by atoms with Crippen molar-refractivity contribution in [1.29, 1.82) is 0 Å². The monoisotopic (exact) mass is 361 g/mol. The molecule has 0 aromatic carbocycles. The molecule has 1 aliphatic heterocycles. The molecule has 1 fully saturated rings. The number of hydrogen-bond donors (Lipinski definition) is 1. The van der Waals surface area contributed by atoms with Gasteiger partial charge in [-0.1, -0.05) is 0 Å². The standard InChI is InChI=1S/C15H23NO9/c1-7(17)21-12-11(5-6-16)25-15(24-10(4)20)14(23-9(3)19)13(12)22-8(2)18/h11-15H,5-6,16H2,1-4H3/t11-,12-,13+,14+,15+/m1/s1. The minimum absolute atomic E-state index is 0.167. The molecule has 2 N–H and O–H groups in total. The van der Waals surface area contributed by atoms with Crippen molar-refractivity contribution in [3.8, 4) is 0 Å². The van der Waals surface area contributed by atoms with Crippen LogP contribution in [0.25, 0.3) is 0 Å². The molecule has 25 heavy (non-hydrogen) atoms. The highest BCUT2D eigenvalue weighted by Crippen LogP contribution is 2.30. The summed E-state index contributed by atoms with van der Waals surface area (Å²) in [5.41, 5.74) is 5.54. The van der Waals surface area contributed by atoms with Gasteiger partial charge < -0.3 is 29.4 Å². The molecule has 0 amide bonds. The highest BCUT2D eigenvalue weighted by atomic mass is 16.7. The average Bonchev–Trinajstić information content (AvgIpc) is 2.45. The Morgan fingerprint density at radius 2 is 1.20 bits per heavy atom. The fraction of sp³-hybridized carbons (Fsp3) is 0.733. The Balaban J connectivity index is 3.25. The first-order valence-corrected chi connectivity index (χ1v) is 7.70. The van der Waals surface area contributed by atoms with E-state index in [9.17, 15) is 19.2 Å². The van der Waals surface area contributed by atoms with E-state index in [0.717, 1.165) is 20.8 Å². The molecule has 0 radical (unpaired) electrons. The SMILES string of the molecule is CC(=O)O[C@H]1O[C@H](CCN)[C@@H](OC(C)=O)[C@H](OC(C)=O)[C@@H]1OC(C)=O. The molecule has 0 aliphatic carbocycles. The summed E-state index contributed by atoms with van der Waals surface area (Å²) < 4.78 is 26.2. The molecule has 0 aromatic heterocycles. The summed E-state index contributed by atoms with van der Waals surface area (Å²) in [6, 6.07) is 0. The highest BCUT2D eigenvalue weighted by molar-refractivity contribution is 5.69. The topological polar surface area (TPSA) is 140 Å². The van der Waals surface area contributed by atoms with Crippen molar-refractivity contribution in [3.63, 3.8) is 0 Å². The van der Waals surface area contributed by atoms with Gasteiger partial charge in [-0.25, -0.2) is 0 Å². The smallest absolute Gasteiger partial charge is 0.305 e. The predicted molar refractivity (Wildman–Crippen MR) is 80.8 cm³/mol. The van der Waals surface area contributed by atoms with E-state index in [1.54, 1.807) is 0 Å². The average molecular weight is 361 g/mol. The Labute approximate surface area is 144 Å². The molecule has 142 valence electrons. The van der Waals surface area contributed by atoms with Gasteiger partial charge in [-0.05, 0) is 13.0 Å². The van der Waals surface area contributed by atoms with Gasteiger partial charge in [0.15, 0.2) is 12.2 Å². The lowest BCUT2D eigenvalue weighted by Gasteiger charge is -2.43. The second kappa shape index (κ2) is 9.33. The summed E-state index contributed by atoms with van der Waals surface area (Å²) in [7, 11) is 0. The van der Waals surface area contributed by atoms with Crippen molar-refractivity contribution in [2.45, 2.75) is 64.8 Å². The first-order chi connectivity index (χ1) is 11.6. The van der Waals surface area contributed by atoms with Crippen LogP contribution in [0.2, 0.25) is 0 Å². The van der Waals surface area contributed by atoms with E-state index in [4.69, 9.17) is 29.4 Å². The summed E-state index contributed by atoms with van der Waals surface area (Å²) in [5.74, 6) is -2.77. The zero-order chi connectivity index (χ0) is 19.1. The van der Waals surface area contributed by atoms with Crippen LogP contribution in [0.5, 0.6) is 0 Å². The Kier molecular flexibility index (Phi) is 7.78. The number of esters is 4. The number of hydrogen-bond acceptors (Lipinski definition) is 10. The van der Waals surface area contributed by atoms with Gasteiger partial charge in [0.1, 0.15) is 6.10 Å². The Morgan fingerprint density at radius 1 is 0.760 bits per heavy atom. The minimum Gasteiger partial charge on any atom is -0.456 e. The van der Waals surface area contributed by atoms with E-state index >= 15 is 0 Å². The molecule has 10 nitrogen and oxygen atoms in total. The molecule has 0 saturated carbocycles. The van der Waals surface area contributed by atoms with Crippen molar-refractivity contribution in [3.05, 3.63) is 0 Å². The fourth-order valence-corrected chi connectivity index (χ4v) is 2.51. The van der Waals surface area contributed by atoms with Crippen molar-refractivity contribution in [2.24, 2.45) is 5.73 Å². The summed E-state index contributed by atoms with van der Waals surface area (Å²) in [6.45, 7) is 4.75. The first-order valence-electron chi connectivity index (χ1n) is 7.70. The maximum Gasteiger partial charge on any atom is 0.305 e. The molecule has 1 saturated heterocycles. The van der Waals surface area contributed by atoms with Gasteiger partial charge in [-0.15, -0.1) is 0 Å². The number of ether oxygens (including phenoxy) is 5. The zero-order valence-electron chi connectivity index (χ0n) is 14.6. The quantitative estimate of drug-likeness (QED) is 0.482. The summed E-state index contributed by atoms with van der Waals surface area (Å²) in [5, 5.41) is 0. The normalized spacial score (nSPS) is 28.6. The van der Waals surface area contributed by atoms with E-state index in [1.807, 2.05) is 0 Å². The maximum absolute atomic E-state index is 11.5. The number of nitrogens with two attached hydrogens (primary N) is 1. The van der Waals surface area contributed by atoms with Crippen LogP contribution in [0.3, 0.4) is 0 Å². The molecule has 0 aromatic rings. The van der Waals surface area contributed by atoms with Crippen LogP contribution in [0.1, 0.15) is 34.1 Å². The first kappa shape index (κ1) is 20.8. The molecule has 1 rings (SSSR count). The Hall–Kier alpha value is -2.20. The van der Waals surface area contributed by atoms with Crippen LogP contribution in [-0.2, 0) is 42.9 Å². The molecule has 0 bridgehead atoms. The summed E-state index contributed by atoms with van der Waals surface area (Å²) in [6.07, 6.45) is -5.55. The van der Waals surface area contributed by atoms with Gasteiger partial charge in [-0.2, -0.15) is 0 Å². The van der Waals surface area contributed by atoms with Gasteiger partial charge in [0.25, 0.3) is 0 Å². The van der Waals surface area contributed by atoms with Gasteiger partial charge in [0.05, 0.1) is 0 Å². The molecule has 5 atom stereocenters. The van der Waals surface area contributed by atoms with E-state index in [1.165, 1.54) is 6.92 Å². The lowest BCUT2D eigenvalue weighted by Crippen LogP contribution is -2.62. The van der Waals surface area contributed by atoms with Crippen molar-refractivity contribution < 1.29 is 42.9 Å². The van der Waals surface area contributed by atoms with Gasteiger partial charge >= 0.3 is 23.9 Å². The largest absolute Gasteiger partial charge is 0.456 e. The van der Waals surface area contributed by atoms with E-state index in [0.29, 0.717) is 0 Å². The molecular formula is C15H23NO9. The highest BCUT2D eigenvalue weighted by Gasteiger charge is 2.52. The van der Waals surface area contributed by atoms with Gasteiger partial charge in [0, 0.05) is 27.7 Å². The van der Waals surface area contributed by atoms with Crippen molar-refractivity contribution >= 4 is 23.9 Å². The molecule has 0 spiro atoms. The fourth-order valence-electron chi connectivity index (χ4n) is 2.51. The van der Waals surface area contributed by atoms with Crippen LogP contribution < -0.4 is 5.73 Å². The van der Waals surface area contributed by atoms with Crippen LogP contribution in [0, 0.1) is 0 Å². The summed E-state index contributed by atoms with van der Waals surface area (Å²) >= 11 is 0. The Morgan fingerprint density at radius 3 is 1.64 bits per heavy atom. The zero-order valence-corrected chi connectivity index (χ0v) is 14.6. The third-order valence-electron chi connectivity index (χ3n) is 3.23. The third-order valence-corrected chi connectivity index (χ3v) is 3.23. The van der Waals surface area contributed by atoms with Crippen LogP contribution in [-0.4, -0.2) is 61.1 Å². The molecule has 10 heteroatoms. The Bertz CT molecular complexity index is 521. The number of carbonyl (C=O) groups excluding carboxylic acids is 4. The van der Waals surface area contributed by atoms with Crippen molar-refractivity contribution in [1.82, 2.24) is 0 Å². The summed E-state index contributed by atoms with van der Waals surface area (Å²) in [4.78, 5) is 45.7. The predicted octanol–water partition coefficient (Wildman–Crippen LogP) is -0.582. The van der Waals surface area contributed by atoms with E-state index in [2.05, 4.69) is 0 Å². The van der Waals surface area contributed by atoms with Crippen LogP contribution >= 0.6 is 0 Å².